The van der Waals surface area contributed by atoms with Crippen LogP contribution in [0.15, 0.2) is 95.5 Å². The van der Waals surface area contributed by atoms with Crippen molar-refractivity contribution in [2.24, 2.45) is 0 Å². The third kappa shape index (κ3) is 5.16. The number of methoxy groups -OCH3 is 1. The van der Waals surface area contributed by atoms with E-state index in [0.29, 0.717) is 50.3 Å². The van der Waals surface area contributed by atoms with Crippen molar-refractivity contribution in [3.05, 3.63) is 123 Å². The number of ketones is 1. The molecule has 0 saturated heterocycles. The topological polar surface area (TPSA) is 103 Å². The molecule has 0 bridgehead atoms. The van der Waals surface area contributed by atoms with Gasteiger partial charge >= 0.3 is 5.97 Å². The van der Waals surface area contributed by atoms with Crippen LogP contribution in [0.2, 0.25) is 0 Å². The largest absolute Gasteiger partial charge is 0.497 e. The normalized spacial score (nSPS) is 13.1. The van der Waals surface area contributed by atoms with Gasteiger partial charge in [-0.2, -0.15) is 0 Å². The van der Waals surface area contributed by atoms with Gasteiger partial charge in [0.25, 0.3) is 11.8 Å². The van der Waals surface area contributed by atoms with Gasteiger partial charge in [-0.3, -0.25) is 14.4 Å². The lowest BCUT2D eigenvalue weighted by Gasteiger charge is -2.16. The van der Waals surface area contributed by atoms with Crippen LogP contribution in [0.4, 0.5) is 5.69 Å². The molecule has 2 heterocycles. The second kappa shape index (κ2) is 11.5. The number of amides is 2. The number of carbonyl (C=O) groups excluding carboxylic acids is 4. The predicted molar refractivity (Wildman–Crippen MR) is 169 cm³/mol. The summed E-state index contributed by atoms with van der Waals surface area (Å²) < 4.78 is 11.6. The second-order valence-electron chi connectivity index (χ2n) is 10.4. The molecular formula is C35H25BrN2O6. The number of aromatic nitrogens is 1. The van der Waals surface area contributed by atoms with Crippen LogP contribution in [0.1, 0.15) is 53.9 Å². The number of hydrogen-bond donors (Lipinski definition) is 0. The molecule has 0 saturated carbocycles. The van der Waals surface area contributed by atoms with Crippen molar-refractivity contribution in [2.45, 2.75) is 20.0 Å². The van der Waals surface area contributed by atoms with E-state index < -0.39 is 12.1 Å². The van der Waals surface area contributed by atoms with Crippen molar-refractivity contribution in [1.82, 2.24) is 4.98 Å². The number of pyridine rings is 1. The molecule has 218 valence electrons. The van der Waals surface area contributed by atoms with Gasteiger partial charge < -0.3 is 9.47 Å². The number of hydrogen-bond acceptors (Lipinski definition) is 7. The molecule has 1 aliphatic heterocycles. The standard InChI is InChI=1S/C35H25BrN2O6/c1-19-16-23(36)17-28-29(35(42)44-20(2)32(39)22-10-14-25(43-3)15-11-22)18-30(37-31(19)28)21-8-12-24(13-9-21)38-33(40)26-6-4-5-7-27(26)34(38)41/h4-18,20H,1-3H3. The van der Waals surface area contributed by atoms with Gasteiger partial charge in [0.15, 0.2) is 6.10 Å². The summed E-state index contributed by atoms with van der Waals surface area (Å²) >= 11 is 3.50. The molecule has 8 nitrogen and oxygen atoms in total. The molecule has 9 heteroatoms. The zero-order chi connectivity index (χ0) is 31.1. The van der Waals surface area contributed by atoms with Crippen LogP contribution in [0.25, 0.3) is 22.2 Å². The highest BCUT2D eigenvalue weighted by molar-refractivity contribution is 9.10. The SMILES string of the molecule is COc1ccc(C(=O)C(C)OC(=O)c2cc(-c3ccc(N4C(=O)c5ccccc5C4=O)cc3)nc3c(C)cc(Br)cc23)cc1. The summed E-state index contributed by atoms with van der Waals surface area (Å²) in [6, 6.07) is 25.4. The Hall–Kier alpha value is -5.15. The van der Waals surface area contributed by atoms with E-state index in [1.54, 1.807) is 84.9 Å². The number of nitrogens with zero attached hydrogens (tertiary/aromatic N) is 2. The number of fused-ring (bicyclic) bond motifs is 2. The zero-order valence-corrected chi connectivity index (χ0v) is 25.5. The number of esters is 1. The first kappa shape index (κ1) is 28.9. The van der Waals surface area contributed by atoms with E-state index in [0.717, 1.165) is 14.9 Å². The Kier molecular flexibility index (Phi) is 7.57. The van der Waals surface area contributed by atoms with Crippen molar-refractivity contribution in [3.63, 3.8) is 0 Å². The van der Waals surface area contributed by atoms with Crippen molar-refractivity contribution in [3.8, 4) is 17.0 Å². The summed E-state index contributed by atoms with van der Waals surface area (Å²) in [4.78, 5) is 58.5. The highest BCUT2D eigenvalue weighted by Gasteiger charge is 2.36. The number of anilines is 1. The molecule has 2 amide bonds. The molecule has 6 rings (SSSR count). The van der Waals surface area contributed by atoms with Crippen molar-refractivity contribution in [2.75, 3.05) is 12.0 Å². The Bertz CT molecular complexity index is 1950. The van der Waals surface area contributed by atoms with E-state index in [2.05, 4.69) is 15.9 Å². The Balaban J connectivity index is 1.33. The Morgan fingerprint density at radius 2 is 1.50 bits per heavy atom. The molecule has 1 aliphatic rings. The maximum absolute atomic E-state index is 13.6. The van der Waals surface area contributed by atoms with Gasteiger partial charge in [0, 0.05) is 21.0 Å². The lowest BCUT2D eigenvalue weighted by Crippen LogP contribution is -2.29. The van der Waals surface area contributed by atoms with Crippen LogP contribution in [0.5, 0.6) is 5.75 Å². The molecule has 1 aromatic heterocycles. The molecule has 0 N–H and O–H groups in total. The van der Waals surface area contributed by atoms with Gasteiger partial charge in [0.05, 0.1) is 40.7 Å². The summed E-state index contributed by atoms with van der Waals surface area (Å²) in [6.45, 7) is 3.42. The van der Waals surface area contributed by atoms with Crippen LogP contribution in [0.3, 0.4) is 0 Å². The fourth-order valence-corrected chi connectivity index (χ4v) is 5.82. The van der Waals surface area contributed by atoms with E-state index in [1.165, 1.54) is 14.0 Å². The van der Waals surface area contributed by atoms with Gasteiger partial charge in [0.2, 0.25) is 5.78 Å². The van der Waals surface area contributed by atoms with E-state index in [-0.39, 0.29) is 23.2 Å². The number of rotatable bonds is 7. The van der Waals surface area contributed by atoms with Gasteiger partial charge in [-0.25, -0.2) is 14.7 Å². The smallest absolute Gasteiger partial charge is 0.339 e. The lowest BCUT2D eigenvalue weighted by molar-refractivity contribution is 0.0320. The molecular weight excluding hydrogens is 624 g/mol. The van der Waals surface area contributed by atoms with Crippen molar-refractivity contribution < 1.29 is 28.7 Å². The second-order valence-corrected chi connectivity index (χ2v) is 11.3. The summed E-state index contributed by atoms with van der Waals surface area (Å²) in [5.41, 5.74) is 4.35. The summed E-state index contributed by atoms with van der Waals surface area (Å²) in [7, 11) is 1.54. The summed E-state index contributed by atoms with van der Waals surface area (Å²) in [6.07, 6.45) is -1.05. The quantitative estimate of drug-likeness (QED) is 0.104. The third-order valence-corrected chi connectivity index (χ3v) is 7.99. The van der Waals surface area contributed by atoms with Gasteiger partial charge in [-0.15, -0.1) is 0 Å². The van der Waals surface area contributed by atoms with Crippen LogP contribution in [0, 0.1) is 6.92 Å². The third-order valence-electron chi connectivity index (χ3n) is 7.53. The maximum Gasteiger partial charge on any atom is 0.339 e. The highest BCUT2D eigenvalue weighted by atomic mass is 79.9. The van der Waals surface area contributed by atoms with Crippen LogP contribution < -0.4 is 9.64 Å². The minimum absolute atomic E-state index is 0.244. The molecule has 44 heavy (non-hydrogen) atoms. The lowest BCUT2D eigenvalue weighted by atomic mass is 10.0. The molecule has 0 aliphatic carbocycles. The fourth-order valence-electron chi connectivity index (χ4n) is 5.25. The van der Waals surface area contributed by atoms with E-state index in [1.807, 2.05) is 13.0 Å². The van der Waals surface area contributed by atoms with Crippen LogP contribution >= 0.6 is 15.9 Å². The Morgan fingerprint density at radius 3 is 2.11 bits per heavy atom. The Labute approximate surface area is 261 Å². The summed E-state index contributed by atoms with van der Waals surface area (Å²) in [5, 5.41) is 0.567. The minimum Gasteiger partial charge on any atom is -0.497 e. The fraction of sp³-hybridized carbons (Fsp3) is 0.114. The number of aryl methyl sites for hydroxylation is 1. The number of carbonyl (C=O) groups is 4. The maximum atomic E-state index is 13.6. The molecule has 5 aromatic rings. The molecule has 0 spiro atoms. The molecule has 1 unspecified atom stereocenters. The number of halogens is 1. The molecule has 0 radical (unpaired) electrons. The van der Waals surface area contributed by atoms with Crippen molar-refractivity contribution >= 4 is 56.1 Å². The number of benzene rings is 4. The van der Waals surface area contributed by atoms with E-state index >= 15 is 0 Å². The molecule has 1 atom stereocenters. The average Bonchev–Trinajstić information content (AvgIpc) is 3.29. The monoisotopic (exact) mass is 648 g/mol. The van der Waals surface area contributed by atoms with Crippen molar-refractivity contribution in [1.29, 1.82) is 0 Å². The first-order valence-electron chi connectivity index (χ1n) is 13.7. The number of Topliss-reactive ketones (excluding diaryl/α,β-unsaturated/α-hetero) is 1. The predicted octanol–water partition coefficient (Wildman–Crippen LogP) is 7.21. The van der Waals surface area contributed by atoms with Crippen LogP contribution in [-0.4, -0.2) is 41.8 Å². The number of ether oxygens (including phenoxy) is 2. The molecule has 0 fully saturated rings. The zero-order valence-electron chi connectivity index (χ0n) is 24.0. The van der Waals surface area contributed by atoms with Gasteiger partial charge in [-0.05, 0) is 86.1 Å². The average molecular weight is 649 g/mol. The first-order valence-corrected chi connectivity index (χ1v) is 14.5. The first-order chi connectivity index (χ1) is 21.2. The Morgan fingerprint density at radius 1 is 0.864 bits per heavy atom. The van der Waals surface area contributed by atoms with E-state index in [4.69, 9.17) is 14.5 Å². The van der Waals surface area contributed by atoms with Crippen LogP contribution in [-0.2, 0) is 4.74 Å². The molecule has 4 aromatic carbocycles. The number of imide groups is 1. The van der Waals surface area contributed by atoms with E-state index in [9.17, 15) is 19.2 Å². The van der Waals surface area contributed by atoms with Gasteiger partial charge in [0.1, 0.15) is 5.75 Å². The highest BCUT2D eigenvalue weighted by Crippen LogP contribution is 2.33. The summed E-state index contributed by atoms with van der Waals surface area (Å²) in [5.74, 6) is -1.17. The minimum atomic E-state index is -1.05. The van der Waals surface area contributed by atoms with Gasteiger partial charge in [-0.1, -0.05) is 40.2 Å².